The molecular weight excluding hydrogens is 540 g/mol. The largest absolute Gasteiger partial charge is 0.493 e. The van der Waals surface area contributed by atoms with Gasteiger partial charge in [0.2, 0.25) is 5.91 Å². The monoisotopic (exact) mass is 570 g/mol. The summed E-state index contributed by atoms with van der Waals surface area (Å²) in [6.07, 6.45) is 1.77. The van der Waals surface area contributed by atoms with E-state index in [0.717, 1.165) is 16.8 Å². The maximum absolute atomic E-state index is 13.7. The molecule has 0 bridgehead atoms. The molecule has 10 heteroatoms. The number of fused-ring (bicyclic) bond motifs is 1. The number of carbonyl (C=O) groups is 2. The number of nitrogens with zero attached hydrogens (tertiary/aromatic N) is 3. The van der Waals surface area contributed by atoms with E-state index in [1.807, 2.05) is 71.0 Å². The van der Waals surface area contributed by atoms with E-state index in [-0.39, 0.29) is 18.9 Å². The lowest BCUT2D eigenvalue weighted by Gasteiger charge is -2.37. The maximum Gasteiger partial charge on any atom is 0.338 e. The number of amidine groups is 1. The zero-order valence-electron chi connectivity index (χ0n) is 23.0. The second kappa shape index (κ2) is 12.7. The zero-order chi connectivity index (χ0) is 28.8. The molecule has 0 radical (unpaired) electrons. The molecule has 2 aromatic carbocycles. The number of carbonyl (C=O) groups excluding carboxylic acids is 2. The summed E-state index contributed by atoms with van der Waals surface area (Å²) >= 11 is 1.41. The number of hydrogen-bond donors (Lipinski definition) is 1. The minimum Gasteiger partial charge on any atom is -0.493 e. The molecule has 9 nitrogen and oxygen atoms in total. The normalized spacial score (nSPS) is 16.0. The highest BCUT2D eigenvalue weighted by Gasteiger charge is 2.42. The summed E-state index contributed by atoms with van der Waals surface area (Å²) in [5.41, 5.74) is 3.91. The SMILES string of the molecule is CCOC(=O)C1=C(c2ccccc2)N=C2SC=C(CC(=O)NCc3ccccn3)N2[C@H]1c1ccc(OC)c(OC)c1. The number of pyridine rings is 1. The van der Waals surface area contributed by atoms with Crippen LogP contribution in [0.1, 0.15) is 36.2 Å². The lowest BCUT2D eigenvalue weighted by molar-refractivity contribution is -0.139. The van der Waals surface area contributed by atoms with Crippen LogP contribution < -0.4 is 14.8 Å². The number of thioether (sulfide) groups is 1. The molecule has 41 heavy (non-hydrogen) atoms. The van der Waals surface area contributed by atoms with Crippen molar-refractivity contribution < 1.29 is 23.8 Å². The Morgan fingerprint density at radius 1 is 1.00 bits per heavy atom. The van der Waals surface area contributed by atoms with Crippen molar-refractivity contribution in [1.82, 2.24) is 15.2 Å². The van der Waals surface area contributed by atoms with Crippen LogP contribution in [0.3, 0.4) is 0 Å². The third-order valence-electron chi connectivity index (χ3n) is 6.61. The summed E-state index contributed by atoms with van der Waals surface area (Å²) < 4.78 is 16.6. The minimum absolute atomic E-state index is 0.0828. The molecule has 3 heterocycles. The first kappa shape index (κ1) is 28.0. The average molecular weight is 571 g/mol. The number of aromatic nitrogens is 1. The Balaban J connectivity index is 1.57. The van der Waals surface area contributed by atoms with Gasteiger partial charge in [0.25, 0.3) is 0 Å². The number of methoxy groups -OCH3 is 2. The molecule has 0 spiro atoms. The predicted octanol–water partition coefficient (Wildman–Crippen LogP) is 5.08. The van der Waals surface area contributed by atoms with Crippen molar-refractivity contribution in [2.45, 2.75) is 25.9 Å². The number of nitrogens with one attached hydrogen (secondary N) is 1. The van der Waals surface area contributed by atoms with Crippen LogP contribution in [-0.2, 0) is 20.9 Å². The Labute approximate surface area is 242 Å². The number of amides is 1. The number of benzene rings is 2. The molecule has 1 atom stereocenters. The number of ether oxygens (including phenoxy) is 3. The van der Waals surface area contributed by atoms with E-state index in [0.29, 0.717) is 40.2 Å². The predicted molar refractivity (Wildman–Crippen MR) is 158 cm³/mol. The molecule has 2 aliphatic heterocycles. The summed E-state index contributed by atoms with van der Waals surface area (Å²) in [7, 11) is 3.14. The highest BCUT2D eigenvalue weighted by atomic mass is 32.2. The Hall–Kier alpha value is -4.57. The van der Waals surface area contributed by atoms with E-state index in [1.165, 1.54) is 11.8 Å². The zero-order valence-corrected chi connectivity index (χ0v) is 23.8. The van der Waals surface area contributed by atoms with Crippen molar-refractivity contribution in [3.63, 3.8) is 0 Å². The van der Waals surface area contributed by atoms with Crippen molar-refractivity contribution in [2.24, 2.45) is 4.99 Å². The maximum atomic E-state index is 13.7. The second-order valence-corrected chi connectivity index (χ2v) is 9.97. The van der Waals surface area contributed by atoms with Crippen LogP contribution >= 0.6 is 11.8 Å². The molecule has 0 aliphatic carbocycles. The van der Waals surface area contributed by atoms with Gasteiger partial charge in [0, 0.05) is 17.5 Å². The number of hydrogen-bond acceptors (Lipinski definition) is 9. The number of esters is 1. The van der Waals surface area contributed by atoms with Crippen LogP contribution in [0.5, 0.6) is 11.5 Å². The lowest BCUT2D eigenvalue weighted by Crippen LogP contribution is -2.38. The van der Waals surface area contributed by atoms with E-state index in [9.17, 15) is 9.59 Å². The van der Waals surface area contributed by atoms with E-state index in [4.69, 9.17) is 19.2 Å². The molecule has 5 rings (SSSR count). The van der Waals surface area contributed by atoms with Crippen molar-refractivity contribution in [2.75, 3.05) is 20.8 Å². The van der Waals surface area contributed by atoms with Gasteiger partial charge >= 0.3 is 5.97 Å². The van der Waals surface area contributed by atoms with Gasteiger partial charge in [-0.2, -0.15) is 0 Å². The summed E-state index contributed by atoms with van der Waals surface area (Å²) in [6, 6.07) is 20.0. The van der Waals surface area contributed by atoms with Crippen LogP contribution in [0.25, 0.3) is 5.70 Å². The van der Waals surface area contributed by atoms with Gasteiger partial charge in [-0.05, 0) is 42.2 Å². The van der Waals surface area contributed by atoms with E-state index in [2.05, 4.69) is 10.3 Å². The van der Waals surface area contributed by atoms with Crippen LogP contribution in [0.15, 0.2) is 94.6 Å². The Bertz CT molecular complexity index is 1520. The van der Waals surface area contributed by atoms with Crippen LogP contribution in [0, 0.1) is 0 Å². The van der Waals surface area contributed by atoms with Crippen LogP contribution in [0.2, 0.25) is 0 Å². The van der Waals surface area contributed by atoms with Crippen molar-refractivity contribution in [3.05, 3.63) is 106 Å². The van der Waals surface area contributed by atoms with Gasteiger partial charge in [-0.1, -0.05) is 54.2 Å². The third-order valence-corrected chi connectivity index (χ3v) is 7.50. The standard InChI is InChI=1S/C31H30N4O5S/c1-4-40-30(37)27-28(20-10-6-5-7-11-20)34-31-35(29(27)21-13-14-24(38-2)25(16-21)39-3)23(19-41-31)17-26(36)33-18-22-12-8-9-15-32-22/h5-16,19,29H,4,17-18H2,1-3H3,(H,33,36)/t29-/m0/s1. The van der Waals surface area contributed by atoms with Gasteiger partial charge in [0.15, 0.2) is 16.7 Å². The highest BCUT2D eigenvalue weighted by Crippen LogP contribution is 2.48. The molecule has 0 saturated heterocycles. The fourth-order valence-corrected chi connectivity index (χ4v) is 5.66. The van der Waals surface area contributed by atoms with Gasteiger partial charge in [0.05, 0.1) is 56.8 Å². The van der Waals surface area contributed by atoms with Gasteiger partial charge in [0.1, 0.15) is 0 Å². The van der Waals surface area contributed by atoms with E-state index in [1.54, 1.807) is 33.4 Å². The Kier molecular flexibility index (Phi) is 8.69. The first-order valence-corrected chi connectivity index (χ1v) is 14.0. The molecule has 0 unspecified atom stereocenters. The second-order valence-electron chi connectivity index (χ2n) is 9.13. The molecular formula is C31H30N4O5S. The Morgan fingerprint density at radius 2 is 1.78 bits per heavy atom. The van der Waals surface area contributed by atoms with E-state index < -0.39 is 12.0 Å². The van der Waals surface area contributed by atoms with E-state index >= 15 is 0 Å². The lowest BCUT2D eigenvalue weighted by atomic mass is 9.91. The fourth-order valence-electron chi connectivity index (χ4n) is 4.75. The number of rotatable bonds is 10. The molecule has 0 saturated carbocycles. The average Bonchev–Trinajstić information content (AvgIpc) is 3.41. The van der Waals surface area contributed by atoms with Gasteiger partial charge in [-0.3, -0.25) is 9.78 Å². The van der Waals surface area contributed by atoms with Crippen molar-refractivity contribution >= 4 is 34.5 Å². The summed E-state index contributed by atoms with van der Waals surface area (Å²) in [6.45, 7) is 2.28. The first-order valence-electron chi connectivity index (χ1n) is 13.1. The Morgan fingerprint density at radius 3 is 2.49 bits per heavy atom. The topological polar surface area (TPSA) is 102 Å². The molecule has 1 amide bonds. The molecule has 210 valence electrons. The van der Waals surface area contributed by atoms with Crippen LogP contribution in [-0.4, -0.2) is 47.8 Å². The summed E-state index contributed by atoms with van der Waals surface area (Å²) in [5, 5.41) is 5.50. The number of aliphatic imine (C=N–C) groups is 1. The highest BCUT2D eigenvalue weighted by molar-refractivity contribution is 8.16. The van der Waals surface area contributed by atoms with Crippen molar-refractivity contribution in [1.29, 1.82) is 0 Å². The summed E-state index contributed by atoms with van der Waals surface area (Å²) in [4.78, 5) is 37.9. The minimum atomic E-state index is -0.638. The summed E-state index contributed by atoms with van der Waals surface area (Å²) in [5.74, 6) is 0.422. The fraction of sp³-hybridized carbons (Fsp3) is 0.226. The molecule has 0 fully saturated rings. The van der Waals surface area contributed by atoms with Crippen LogP contribution in [0.4, 0.5) is 0 Å². The van der Waals surface area contributed by atoms with Gasteiger partial charge in [-0.15, -0.1) is 0 Å². The van der Waals surface area contributed by atoms with Gasteiger partial charge in [-0.25, -0.2) is 9.79 Å². The first-order chi connectivity index (χ1) is 20.0. The molecule has 1 N–H and O–H groups in total. The quantitative estimate of drug-likeness (QED) is 0.337. The molecule has 2 aliphatic rings. The molecule has 3 aromatic rings. The van der Waals surface area contributed by atoms with Gasteiger partial charge < -0.3 is 24.4 Å². The third kappa shape index (κ3) is 5.97. The van der Waals surface area contributed by atoms with Crippen molar-refractivity contribution in [3.8, 4) is 11.5 Å². The smallest absolute Gasteiger partial charge is 0.338 e. The molecule has 1 aromatic heterocycles.